The van der Waals surface area contributed by atoms with Gasteiger partial charge in [0, 0.05) is 5.41 Å². The molecule has 0 aromatic rings. The molecule has 0 N–H and O–H groups in total. The monoisotopic (exact) mass is 300 g/mol. The topological polar surface area (TPSA) is 29.6 Å². The molecule has 2 aliphatic rings. The second-order valence-corrected chi connectivity index (χ2v) is 7.46. The van der Waals surface area contributed by atoms with Gasteiger partial charge in [0.1, 0.15) is 11.9 Å². The molecule has 1 aliphatic carbocycles. The van der Waals surface area contributed by atoms with Gasteiger partial charge in [-0.15, -0.1) is 0 Å². The van der Waals surface area contributed by atoms with Gasteiger partial charge in [-0.2, -0.15) is 0 Å². The molecule has 2 rings (SSSR count). The highest BCUT2D eigenvalue weighted by Gasteiger charge is 2.72. The number of hydrogen-bond acceptors (Lipinski definition) is 2. The zero-order valence-electron chi connectivity index (χ0n) is 14.5. The van der Waals surface area contributed by atoms with Crippen molar-refractivity contribution in [1.29, 1.82) is 0 Å². The van der Waals surface area contributed by atoms with E-state index in [-0.39, 0.29) is 16.6 Å². The van der Waals surface area contributed by atoms with E-state index in [0.717, 1.165) is 18.3 Å². The maximum atomic E-state index is 10.4. The number of aldehydes is 1. The summed E-state index contributed by atoms with van der Waals surface area (Å²) in [5.41, 5.74) is 2.24. The molecule has 0 aromatic heterocycles. The number of fused-ring (bicyclic) bond motifs is 1. The molecule has 0 bridgehead atoms. The minimum Gasteiger partial charge on any atom is -0.358 e. The number of hydrogen-bond donors (Lipinski definition) is 0. The molecule has 0 aromatic carbocycles. The molecule has 0 spiro atoms. The van der Waals surface area contributed by atoms with Crippen molar-refractivity contribution < 1.29 is 9.53 Å². The Labute approximate surface area is 134 Å². The first-order chi connectivity index (χ1) is 10.3. The molecule has 0 radical (unpaired) electrons. The molecule has 2 fully saturated rings. The normalized spacial score (nSPS) is 35.0. The average Bonchev–Trinajstić information content (AvgIpc) is 3.05. The van der Waals surface area contributed by atoms with Crippen LogP contribution in [0.1, 0.15) is 53.9 Å². The van der Waals surface area contributed by atoms with E-state index in [1.165, 1.54) is 18.4 Å². The van der Waals surface area contributed by atoms with Gasteiger partial charge in [-0.05, 0) is 57.8 Å². The van der Waals surface area contributed by atoms with Crippen molar-refractivity contribution in [1.82, 2.24) is 0 Å². The van der Waals surface area contributed by atoms with Gasteiger partial charge < -0.3 is 4.74 Å². The van der Waals surface area contributed by atoms with Crippen LogP contribution in [0, 0.1) is 5.41 Å². The smallest absolute Gasteiger partial charge is 0.143 e. The molecular formula is C20H28O2. The van der Waals surface area contributed by atoms with Gasteiger partial charge in [0.15, 0.2) is 0 Å². The van der Waals surface area contributed by atoms with Crippen LogP contribution < -0.4 is 0 Å². The summed E-state index contributed by atoms with van der Waals surface area (Å²) in [5.74, 6) is 0. The zero-order chi connectivity index (χ0) is 16.4. The first-order valence-electron chi connectivity index (χ1n) is 8.13. The van der Waals surface area contributed by atoms with E-state index in [1.54, 1.807) is 6.08 Å². The van der Waals surface area contributed by atoms with Gasteiger partial charge in [-0.3, -0.25) is 4.79 Å². The highest BCUT2D eigenvalue weighted by molar-refractivity contribution is 5.66. The van der Waals surface area contributed by atoms with Gasteiger partial charge in [-0.1, -0.05) is 43.7 Å². The van der Waals surface area contributed by atoms with Gasteiger partial charge in [-0.25, -0.2) is 0 Å². The molecule has 120 valence electrons. The molecule has 2 heteroatoms. The summed E-state index contributed by atoms with van der Waals surface area (Å²) in [6, 6.07) is 0. The van der Waals surface area contributed by atoms with Gasteiger partial charge in [0.05, 0.1) is 5.60 Å². The van der Waals surface area contributed by atoms with Crippen LogP contribution in [-0.2, 0) is 9.53 Å². The maximum absolute atomic E-state index is 10.4. The fourth-order valence-electron chi connectivity index (χ4n) is 3.73. The lowest BCUT2D eigenvalue weighted by atomic mass is 9.64. The third-order valence-electron chi connectivity index (χ3n) is 5.22. The van der Waals surface area contributed by atoms with Crippen LogP contribution in [0.15, 0.2) is 47.6 Å². The van der Waals surface area contributed by atoms with Gasteiger partial charge in [0.25, 0.3) is 0 Å². The number of ether oxygens (including phenoxy) is 1. The van der Waals surface area contributed by atoms with E-state index in [4.69, 9.17) is 4.74 Å². The minimum atomic E-state index is -0.107. The summed E-state index contributed by atoms with van der Waals surface area (Å²) in [4.78, 5) is 10.4. The highest BCUT2D eigenvalue weighted by Crippen LogP contribution is 2.66. The molecule has 1 aliphatic heterocycles. The second-order valence-electron chi connectivity index (χ2n) is 7.46. The minimum absolute atomic E-state index is 0.0185. The first kappa shape index (κ1) is 17.0. The molecule has 0 amide bonds. The van der Waals surface area contributed by atoms with Crippen LogP contribution in [-0.4, -0.2) is 17.5 Å². The van der Waals surface area contributed by atoms with E-state index in [2.05, 4.69) is 45.9 Å². The van der Waals surface area contributed by atoms with Crippen molar-refractivity contribution >= 4 is 6.29 Å². The third kappa shape index (κ3) is 3.03. The van der Waals surface area contributed by atoms with Crippen LogP contribution in [0.5, 0.6) is 0 Å². The number of allylic oxidation sites excluding steroid dienone is 7. The summed E-state index contributed by atoms with van der Waals surface area (Å²) in [7, 11) is 0. The summed E-state index contributed by atoms with van der Waals surface area (Å²) in [6.07, 6.45) is 16.4. The molecule has 2 nitrogen and oxygen atoms in total. The van der Waals surface area contributed by atoms with Crippen molar-refractivity contribution in [2.24, 2.45) is 5.41 Å². The van der Waals surface area contributed by atoms with Crippen LogP contribution in [0.2, 0.25) is 0 Å². The predicted octanol–water partition coefficient (Wildman–Crippen LogP) is 4.93. The quantitative estimate of drug-likeness (QED) is 0.312. The van der Waals surface area contributed by atoms with E-state index >= 15 is 0 Å². The number of epoxide rings is 1. The van der Waals surface area contributed by atoms with Crippen molar-refractivity contribution in [3.63, 3.8) is 0 Å². The van der Waals surface area contributed by atoms with Crippen LogP contribution in [0.3, 0.4) is 0 Å². The van der Waals surface area contributed by atoms with E-state index < -0.39 is 0 Å². The van der Waals surface area contributed by atoms with E-state index in [1.807, 2.05) is 19.1 Å². The van der Waals surface area contributed by atoms with Gasteiger partial charge >= 0.3 is 0 Å². The molecule has 1 saturated carbocycles. The molecule has 1 heterocycles. The average molecular weight is 300 g/mol. The maximum Gasteiger partial charge on any atom is 0.143 e. The lowest BCUT2D eigenvalue weighted by Crippen LogP contribution is -2.41. The van der Waals surface area contributed by atoms with Crippen molar-refractivity contribution in [2.75, 3.05) is 0 Å². The predicted molar refractivity (Wildman–Crippen MR) is 91.7 cm³/mol. The molecule has 22 heavy (non-hydrogen) atoms. The van der Waals surface area contributed by atoms with Gasteiger partial charge in [0.2, 0.25) is 0 Å². The summed E-state index contributed by atoms with van der Waals surface area (Å²) in [6.45, 7) is 10.9. The Morgan fingerprint density at radius 3 is 2.32 bits per heavy atom. The molecule has 1 saturated heterocycles. The highest BCUT2D eigenvalue weighted by atomic mass is 16.6. The lowest BCUT2D eigenvalue weighted by molar-refractivity contribution is -0.104. The van der Waals surface area contributed by atoms with Crippen LogP contribution >= 0.6 is 0 Å². The Kier molecular flexibility index (Phi) is 4.62. The molecule has 2 atom stereocenters. The molecular weight excluding hydrogens is 272 g/mol. The van der Waals surface area contributed by atoms with Crippen LogP contribution in [0.25, 0.3) is 0 Å². The summed E-state index contributed by atoms with van der Waals surface area (Å²) in [5, 5.41) is 0. The van der Waals surface area contributed by atoms with E-state index in [0.29, 0.717) is 0 Å². The van der Waals surface area contributed by atoms with Crippen molar-refractivity contribution in [3.05, 3.63) is 47.6 Å². The zero-order valence-corrected chi connectivity index (χ0v) is 14.5. The molecule has 2 unspecified atom stereocenters. The fraction of sp³-hybridized carbons (Fsp3) is 0.550. The largest absolute Gasteiger partial charge is 0.358 e. The number of rotatable bonds is 5. The van der Waals surface area contributed by atoms with E-state index in [9.17, 15) is 4.79 Å². The Balaban J connectivity index is 2.08. The summed E-state index contributed by atoms with van der Waals surface area (Å²) < 4.78 is 6.21. The number of carbonyl (C=O) groups is 1. The Hall–Kier alpha value is -1.41. The first-order valence-corrected chi connectivity index (χ1v) is 8.13. The lowest BCUT2D eigenvalue weighted by Gasteiger charge is -2.36. The van der Waals surface area contributed by atoms with Crippen molar-refractivity contribution in [3.8, 4) is 0 Å². The second kappa shape index (κ2) is 6.00. The number of carbonyl (C=O) groups excluding carboxylic acids is 1. The fourth-order valence-corrected chi connectivity index (χ4v) is 3.73. The standard InChI is InChI=1S/C20H28O2/c1-16(8-6-9-17(2)11-15-21)10-14-20-18(3,4)12-7-13-19(20,5)22-20/h6,8-11,14-15H,7,12-13H2,1-5H3. The van der Waals surface area contributed by atoms with Crippen molar-refractivity contribution in [2.45, 2.75) is 65.1 Å². The SMILES string of the molecule is CC(C=CC=C(C)C=CC12OC1(C)CCCC2(C)C)=CC=O. The Morgan fingerprint density at radius 1 is 1.00 bits per heavy atom. The Morgan fingerprint density at radius 2 is 1.68 bits per heavy atom. The van der Waals surface area contributed by atoms with Crippen LogP contribution in [0.4, 0.5) is 0 Å². The summed E-state index contributed by atoms with van der Waals surface area (Å²) >= 11 is 0. The Bertz CT molecular complexity index is 562. The third-order valence-corrected chi connectivity index (χ3v) is 5.22.